The molecule has 1 saturated carbocycles. The molecule has 1 amide bonds. The Bertz CT molecular complexity index is 413. The number of amides is 1. The van der Waals surface area contributed by atoms with Gasteiger partial charge in [-0.1, -0.05) is 13.3 Å². The molecule has 0 saturated heterocycles. The van der Waals surface area contributed by atoms with Crippen molar-refractivity contribution in [2.45, 2.75) is 45.7 Å². The van der Waals surface area contributed by atoms with Gasteiger partial charge >= 0.3 is 0 Å². The van der Waals surface area contributed by atoms with E-state index < -0.39 is 0 Å². The molecule has 0 aliphatic heterocycles. The second kappa shape index (κ2) is 4.77. The van der Waals surface area contributed by atoms with Gasteiger partial charge in [-0.25, -0.2) is 0 Å². The highest BCUT2D eigenvalue weighted by Gasteiger charge is 2.26. The number of nitrogens with two attached hydrogens (primary N) is 1. The molecule has 94 valence electrons. The molecule has 5 nitrogen and oxygen atoms in total. The number of nitrogens with one attached hydrogen (secondary N) is 1. The van der Waals surface area contributed by atoms with Crippen LogP contribution in [0.15, 0.2) is 6.20 Å². The second-order valence-electron chi connectivity index (χ2n) is 4.78. The zero-order valence-electron chi connectivity index (χ0n) is 10.4. The monoisotopic (exact) mass is 236 g/mol. The van der Waals surface area contributed by atoms with E-state index in [9.17, 15) is 4.79 Å². The molecule has 1 heterocycles. The first kappa shape index (κ1) is 12.0. The third kappa shape index (κ3) is 2.43. The second-order valence-corrected chi connectivity index (χ2v) is 4.78. The van der Waals surface area contributed by atoms with Crippen LogP contribution in [-0.2, 0) is 6.54 Å². The molecule has 1 aliphatic carbocycles. The smallest absolute Gasteiger partial charge is 0.274 e. The summed E-state index contributed by atoms with van der Waals surface area (Å²) in [5.41, 5.74) is 6.59. The van der Waals surface area contributed by atoms with Crippen molar-refractivity contribution in [3.63, 3.8) is 0 Å². The number of hydrogen-bond acceptors (Lipinski definition) is 3. The number of hydrogen-bond donors (Lipinski definition) is 2. The Balaban J connectivity index is 2.06. The minimum Gasteiger partial charge on any atom is -0.396 e. The Morgan fingerprint density at radius 1 is 1.65 bits per heavy atom. The summed E-state index contributed by atoms with van der Waals surface area (Å²) in [5.74, 6) is 0.405. The van der Waals surface area contributed by atoms with Crippen molar-refractivity contribution in [1.29, 1.82) is 0 Å². The number of carbonyl (C=O) groups excluding carboxylic acids is 1. The standard InChI is InChI=1S/C12H20N4O/c1-3-16-7-9(13)11(15-16)12(17)14-10-6-4-5-8(10)2/h7-8,10H,3-6,13H2,1-2H3,(H,14,17). The topological polar surface area (TPSA) is 72.9 Å². The van der Waals surface area contributed by atoms with Gasteiger partial charge in [-0.2, -0.15) is 5.10 Å². The molecule has 5 heteroatoms. The van der Waals surface area contributed by atoms with E-state index >= 15 is 0 Å². The van der Waals surface area contributed by atoms with Crippen LogP contribution in [0.1, 0.15) is 43.6 Å². The molecular weight excluding hydrogens is 216 g/mol. The van der Waals surface area contributed by atoms with Crippen molar-refractivity contribution in [3.8, 4) is 0 Å². The predicted octanol–water partition coefficient (Wildman–Crippen LogP) is 1.40. The lowest BCUT2D eigenvalue weighted by atomic mass is 10.1. The average molecular weight is 236 g/mol. The third-order valence-corrected chi connectivity index (χ3v) is 3.51. The summed E-state index contributed by atoms with van der Waals surface area (Å²) in [6.45, 7) is 4.86. The van der Waals surface area contributed by atoms with E-state index in [1.807, 2.05) is 6.92 Å². The molecule has 3 N–H and O–H groups in total. The zero-order chi connectivity index (χ0) is 12.4. The molecule has 0 radical (unpaired) electrons. The summed E-state index contributed by atoms with van der Waals surface area (Å²) in [5, 5.41) is 7.20. The molecule has 1 aromatic rings. The summed E-state index contributed by atoms with van der Waals surface area (Å²) in [7, 11) is 0. The molecule has 1 aliphatic rings. The van der Waals surface area contributed by atoms with Gasteiger partial charge < -0.3 is 11.1 Å². The van der Waals surface area contributed by atoms with Gasteiger partial charge in [-0.3, -0.25) is 9.48 Å². The summed E-state index contributed by atoms with van der Waals surface area (Å²) in [6, 6.07) is 0.272. The number of nitrogen functional groups attached to an aromatic ring is 1. The van der Waals surface area contributed by atoms with Crippen LogP contribution in [-0.4, -0.2) is 21.7 Å². The maximum absolute atomic E-state index is 12.0. The van der Waals surface area contributed by atoms with Crippen molar-refractivity contribution in [1.82, 2.24) is 15.1 Å². The lowest BCUT2D eigenvalue weighted by Gasteiger charge is -2.16. The molecule has 17 heavy (non-hydrogen) atoms. The van der Waals surface area contributed by atoms with Crippen LogP contribution < -0.4 is 11.1 Å². The SMILES string of the molecule is CCn1cc(N)c(C(=O)NC2CCCC2C)n1. The van der Waals surface area contributed by atoms with Crippen LogP contribution in [0, 0.1) is 5.92 Å². The summed E-state index contributed by atoms with van der Waals surface area (Å²) < 4.78 is 1.68. The van der Waals surface area contributed by atoms with Crippen molar-refractivity contribution in [2.75, 3.05) is 5.73 Å². The van der Waals surface area contributed by atoms with E-state index in [4.69, 9.17) is 5.73 Å². The Labute approximate surface area is 101 Å². The van der Waals surface area contributed by atoms with Gasteiger partial charge in [0.25, 0.3) is 5.91 Å². The van der Waals surface area contributed by atoms with E-state index in [1.165, 1.54) is 12.8 Å². The van der Waals surface area contributed by atoms with Crippen molar-refractivity contribution in [2.24, 2.45) is 5.92 Å². The minimum absolute atomic E-state index is 0.145. The van der Waals surface area contributed by atoms with Crippen LogP contribution in [0.2, 0.25) is 0 Å². The van der Waals surface area contributed by atoms with Crippen molar-refractivity contribution >= 4 is 11.6 Å². The van der Waals surface area contributed by atoms with Gasteiger partial charge in [0.15, 0.2) is 5.69 Å². The zero-order valence-corrected chi connectivity index (χ0v) is 10.4. The number of aromatic nitrogens is 2. The number of aryl methyl sites for hydroxylation is 1. The summed E-state index contributed by atoms with van der Waals surface area (Å²) in [4.78, 5) is 12.0. The highest BCUT2D eigenvalue weighted by atomic mass is 16.2. The van der Waals surface area contributed by atoms with Crippen LogP contribution in [0.3, 0.4) is 0 Å². The highest BCUT2D eigenvalue weighted by Crippen LogP contribution is 2.25. The van der Waals surface area contributed by atoms with Crippen molar-refractivity contribution in [3.05, 3.63) is 11.9 Å². The highest BCUT2D eigenvalue weighted by molar-refractivity contribution is 5.97. The van der Waals surface area contributed by atoms with E-state index in [0.29, 0.717) is 17.3 Å². The Morgan fingerprint density at radius 3 is 2.94 bits per heavy atom. The number of nitrogens with zero attached hydrogens (tertiary/aromatic N) is 2. The fourth-order valence-electron chi connectivity index (χ4n) is 2.37. The molecule has 1 fully saturated rings. The van der Waals surface area contributed by atoms with Gasteiger partial charge in [0.1, 0.15) is 0 Å². The van der Waals surface area contributed by atoms with E-state index in [2.05, 4.69) is 17.3 Å². The lowest BCUT2D eigenvalue weighted by molar-refractivity contribution is 0.0924. The van der Waals surface area contributed by atoms with Gasteiger partial charge in [0.2, 0.25) is 0 Å². The van der Waals surface area contributed by atoms with Gasteiger partial charge in [-0.15, -0.1) is 0 Å². The van der Waals surface area contributed by atoms with Crippen LogP contribution in [0.25, 0.3) is 0 Å². The van der Waals surface area contributed by atoms with Crippen LogP contribution in [0.5, 0.6) is 0 Å². The normalized spacial score (nSPS) is 23.9. The number of rotatable bonds is 3. The Kier molecular flexibility index (Phi) is 3.36. The quantitative estimate of drug-likeness (QED) is 0.833. The first-order valence-corrected chi connectivity index (χ1v) is 6.25. The molecular formula is C12H20N4O. The maximum atomic E-state index is 12.0. The van der Waals surface area contributed by atoms with Gasteiger partial charge in [-0.05, 0) is 25.7 Å². The molecule has 2 unspecified atom stereocenters. The molecule has 2 atom stereocenters. The fraction of sp³-hybridized carbons (Fsp3) is 0.667. The average Bonchev–Trinajstić information content (AvgIpc) is 2.86. The Hall–Kier alpha value is -1.52. The minimum atomic E-state index is -0.145. The largest absolute Gasteiger partial charge is 0.396 e. The first-order chi connectivity index (χ1) is 8.11. The van der Waals surface area contributed by atoms with E-state index in [-0.39, 0.29) is 11.9 Å². The number of carbonyl (C=O) groups is 1. The molecule has 0 spiro atoms. The molecule has 0 aromatic carbocycles. The van der Waals surface area contributed by atoms with Crippen molar-refractivity contribution < 1.29 is 4.79 Å². The fourth-order valence-corrected chi connectivity index (χ4v) is 2.37. The molecule has 0 bridgehead atoms. The molecule has 2 rings (SSSR count). The third-order valence-electron chi connectivity index (χ3n) is 3.51. The number of anilines is 1. The Morgan fingerprint density at radius 2 is 2.41 bits per heavy atom. The van der Waals surface area contributed by atoms with E-state index in [1.54, 1.807) is 10.9 Å². The van der Waals surface area contributed by atoms with E-state index in [0.717, 1.165) is 13.0 Å². The summed E-state index contributed by atoms with van der Waals surface area (Å²) >= 11 is 0. The summed E-state index contributed by atoms with van der Waals surface area (Å²) in [6.07, 6.45) is 5.13. The lowest BCUT2D eigenvalue weighted by Crippen LogP contribution is -2.37. The van der Waals surface area contributed by atoms with Crippen LogP contribution >= 0.6 is 0 Å². The predicted molar refractivity (Wildman–Crippen MR) is 66.6 cm³/mol. The first-order valence-electron chi connectivity index (χ1n) is 6.25. The van der Waals surface area contributed by atoms with Crippen LogP contribution in [0.4, 0.5) is 5.69 Å². The maximum Gasteiger partial charge on any atom is 0.274 e. The van der Waals surface area contributed by atoms with Gasteiger partial charge in [0.05, 0.1) is 5.69 Å². The molecule has 1 aromatic heterocycles. The van der Waals surface area contributed by atoms with Gasteiger partial charge in [0, 0.05) is 18.8 Å².